The summed E-state index contributed by atoms with van der Waals surface area (Å²) < 4.78 is 32.3. The summed E-state index contributed by atoms with van der Waals surface area (Å²) in [4.78, 5) is 6.79. The number of hydrogen-bond acceptors (Lipinski definition) is 6. The van der Waals surface area contributed by atoms with Gasteiger partial charge in [0, 0.05) is 32.4 Å². The van der Waals surface area contributed by atoms with E-state index in [0.717, 1.165) is 32.5 Å². The lowest BCUT2D eigenvalue weighted by atomic mass is 10.1. The molecule has 2 aliphatic rings. The topological polar surface area (TPSA) is 74.8 Å². The van der Waals surface area contributed by atoms with Crippen LogP contribution in [-0.4, -0.2) is 74.6 Å². The lowest BCUT2D eigenvalue weighted by Gasteiger charge is -2.34. The highest BCUT2D eigenvalue weighted by Crippen LogP contribution is 2.21. The lowest BCUT2D eigenvalue weighted by molar-refractivity contribution is -0.0259. The second kappa shape index (κ2) is 7.35. The quantitative estimate of drug-likeness (QED) is 0.850. The van der Waals surface area contributed by atoms with Crippen LogP contribution in [0.3, 0.4) is 0 Å². The van der Waals surface area contributed by atoms with Gasteiger partial charge in [0.05, 0.1) is 18.8 Å². The Morgan fingerprint density at radius 1 is 1.29 bits per heavy atom. The van der Waals surface area contributed by atoms with Crippen LogP contribution in [0.15, 0.2) is 23.2 Å². The molecule has 1 aromatic heterocycles. The van der Waals surface area contributed by atoms with E-state index in [1.165, 1.54) is 10.5 Å². The highest BCUT2D eigenvalue weighted by molar-refractivity contribution is 7.89. The minimum atomic E-state index is -3.40. The van der Waals surface area contributed by atoms with E-state index in [0.29, 0.717) is 18.9 Å². The summed E-state index contributed by atoms with van der Waals surface area (Å²) in [5, 5.41) is 3.31. The van der Waals surface area contributed by atoms with E-state index in [4.69, 9.17) is 4.74 Å². The van der Waals surface area contributed by atoms with Crippen molar-refractivity contribution in [2.75, 3.05) is 45.2 Å². The minimum Gasteiger partial charge on any atom is -0.373 e. The Balaban J connectivity index is 1.64. The number of likely N-dealkylation sites (N-methyl/N-ethyl adjacent to an activating group) is 1. The molecule has 1 N–H and O–H groups in total. The van der Waals surface area contributed by atoms with E-state index >= 15 is 0 Å². The van der Waals surface area contributed by atoms with Gasteiger partial charge < -0.3 is 15.0 Å². The summed E-state index contributed by atoms with van der Waals surface area (Å²) >= 11 is 0. The van der Waals surface area contributed by atoms with Gasteiger partial charge in [-0.05, 0) is 38.9 Å². The third kappa shape index (κ3) is 3.88. The molecular weight excluding hydrogens is 328 g/mol. The van der Waals surface area contributed by atoms with Crippen molar-refractivity contribution in [3.8, 4) is 0 Å². The molecule has 24 heavy (non-hydrogen) atoms. The van der Waals surface area contributed by atoms with Gasteiger partial charge in [0.15, 0.2) is 0 Å². The molecule has 0 aliphatic carbocycles. The smallest absolute Gasteiger partial charge is 0.244 e. The first kappa shape index (κ1) is 17.6. The molecule has 2 aliphatic heterocycles. The lowest BCUT2D eigenvalue weighted by Crippen LogP contribution is -2.47. The van der Waals surface area contributed by atoms with Gasteiger partial charge in [0.25, 0.3) is 0 Å². The number of ether oxygens (including phenoxy) is 1. The fourth-order valence-corrected chi connectivity index (χ4v) is 4.60. The number of nitrogens with one attached hydrogen (secondary N) is 1. The van der Waals surface area contributed by atoms with Crippen LogP contribution in [-0.2, 0) is 14.8 Å². The van der Waals surface area contributed by atoms with Gasteiger partial charge in [0.2, 0.25) is 10.0 Å². The molecule has 134 valence electrons. The van der Waals surface area contributed by atoms with Gasteiger partial charge in [-0.3, -0.25) is 0 Å². The zero-order chi connectivity index (χ0) is 17.2. The van der Waals surface area contributed by atoms with E-state index < -0.39 is 10.0 Å². The van der Waals surface area contributed by atoms with Crippen LogP contribution in [0.4, 0.5) is 5.82 Å². The van der Waals surface area contributed by atoms with E-state index in [9.17, 15) is 8.42 Å². The Bertz CT molecular complexity index is 644. The summed E-state index contributed by atoms with van der Waals surface area (Å²) in [6.45, 7) is 5.81. The molecule has 3 rings (SSSR count). The Morgan fingerprint density at radius 2 is 2.04 bits per heavy atom. The summed E-state index contributed by atoms with van der Waals surface area (Å²) in [5.41, 5.74) is 0. The fourth-order valence-electron chi connectivity index (χ4n) is 3.14. The first-order chi connectivity index (χ1) is 11.5. The number of aromatic nitrogens is 1. The Labute approximate surface area is 144 Å². The van der Waals surface area contributed by atoms with E-state index in [-0.39, 0.29) is 17.0 Å². The Hall–Kier alpha value is -1.22. The Morgan fingerprint density at radius 3 is 2.67 bits per heavy atom. The van der Waals surface area contributed by atoms with Gasteiger partial charge >= 0.3 is 0 Å². The predicted molar refractivity (Wildman–Crippen MR) is 92.6 cm³/mol. The van der Waals surface area contributed by atoms with Crippen molar-refractivity contribution in [1.29, 1.82) is 0 Å². The number of hydrogen-bond donors (Lipinski definition) is 1. The number of morpholine rings is 1. The molecule has 2 fully saturated rings. The number of rotatable bonds is 5. The van der Waals surface area contributed by atoms with Crippen LogP contribution in [0.1, 0.15) is 19.8 Å². The average molecular weight is 354 g/mol. The highest BCUT2D eigenvalue weighted by Gasteiger charge is 2.28. The SMILES string of the molecule is CC(Nc1ccc(S(=O)(=O)N2CCCC2)cn1)C1CN(C)CCO1. The first-order valence-electron chi connectivity index (χ1n) is 8.50. The number of anilines is 1. The molecule has 0 bridgehead atoms. The maximum atomic E-state index is 12.5. The average Bonchev–Trinajstić information content (AvgIpc) is 3.10. The molecule has 0 aromatic carbocycles. The summed E-state index contributed by atoms with van der Waals surface area (Å²) in [6.07, 6.45) is 3.40. The van der Waals surface area contributed by atoms with Crippen molar-refractivity contribution in [2.45, 2.75) is 36.8 Å². The Kier molecular flexibility index (Phi) is 5.39. The summed E-state index contributed by atoms with van der Waals surface area (Å²) in [7, 11) is -1.32. The monoisotopic (exact) mass is 354 g/mol. The molecule has 2 unspecified atom stereocenters. The maximum Gasteiger partial charge on any atom is 0.244 e. The van der Waals surface area contributed by atoms with Crippen LogP contribution >= 0.6 is 0 Å². The molecular formula is C16H26N4O3S. The molecule has 0 spiro atoms. The predicted octanol–water partition coefficient (Wildman–Crippen LogP) is 0.997. The zero-order valence-corrected chi connectivity index (χ0v) is 15.1. The second-order valence-electron chi connectivity index (χ2n) is 6.59. The molecule has 2 atom stereocenters. The summed E-state index contributed by atoms with van der Waals surface area (Å²) in [5.74, 6) is 0.666. The van der Waals surface area contributed by atoms with Crippen molar-refractivity contribution in [3.05, 3.63) is 18.3 Å². The standard InChI is InChI=1S/C16H26N4O3S/c1-13(15-12-19(2)9-10-23-15)18-16-6-5-14(11-17-16)24(21,22)20-7-3-4-8-20/h5-6,11,13,15H,3-4,7-10,12H2,1-2H3,(H,17,18). The molecule has 8 heteroatoms. The van der Waals surface area contributed by atoms with Crippen molar-refractivity contribution in [2.24, 2.45) is 0 Å². The summed E-state index contributed by atoms with van der Waals surface area (Å²) in [6, 6.07) is 3.46. The highest BCUT2D eigenvalue weighted by atomic mass is 32.2. The van der Waals surface area contributed by atoms with Gasteiger partial charge in [-0.25, -0.2) is 13.4 Å². The number of sulfonamides is 1. The van der Waals surface area contributed by atoms with Gasteiger partial charge in [-0.1, -0.05) is 0 Å². The molecule has 7 nitrogen and oxygen atoms in total. The van der Waals surface area contributed by atoms with Crippen LogP contribution < -0.4 is 5.32 Å². The van der Waals surface area contributed by atoms with E-state index in [1.54, 1.807) is 12.1 Å². The minimum absolute atomic E-state index is 0.0959. The van der Waals surface area contributed by atoms with Crippen LogP contribution in [0.25, 0.3) is 0 Å². The molecule has 1 aromatic rings. The third-order valence-corrected chi connectivity index (χ3v) is 6.55. The van der Waals surface area contributed by atoms with Crippen LogP contribution in [0.5, 0.6) is 0 Å². The molecule has 0 amide bonds. The zero-order valence-electron chi connectivity index (χ0n) is 14.3. The van der Waals surface area contributed by atoms with Crippen LogP contribution in [0, 0.1) is 0 Å². The van der Waals surface area contributed by atoms with Gasteiger partial charge in [-0.15, -0.1) is 0 Å². The molecule has 0 saturated carbocycles. The molecule has 3 heterocycles. The number of pyridine rings is 1. The van der Waals surface area contributed by atoms with Crippen molar-refractivity contribution >= 4 is 15.8 Å². The molecule has 0 radical (unpaired) electrons. The van der Waals surface area contributed by atoms with Crippen molar-refractivity contribution in [1.82, 2.24) is 14.2 Å². The number of nitrogens with zero attached hydrogens (tertiary/aromatic N) is 3. The van der Waals surface area contributed by atoms with Crippen molar-refractivity contribution in [3.63, 3.8) is 0 Å². The van der Waals surface area contributed by atoms with Gasteiger partial charge in [-0.2, -0.15) is 4.31 Å². The third-order valence-electron chi connectivity index (χ3n) is 4.67. The van der Waals surface area contributed by atoms with Crippen LogP contribution in [0.2, 0.25) is 0 Å². The fraction of sp³-hybridized carbons (Fsp3) is 0.688. The van der Waals surface area contributed by atoms with Crippen molar-refractivity contribution < 1.29 is 13.2 Å². The molecule has 2 saturated heterocycles. The largest absolute Gasteiger partial charge is 0.373 e. The maximum absolute atomic E-state index is 12.5. The van der Waals surface area contributed by atoms with E-state index in [2.05, 4.69) is 29.2 Å². The normalized spacial score (nSPS) is 24.8. The second-order valence-corrected chi connectivity index (χ2v) is 8.53. The van der Waals surface area contributed by atoms with E-state index in [1.807, 2.05) is 0 Å². The first-order valence-corrected chi connectivity index (χ1v) is 9.94. The van der Waals surface area contributed by atoms with Gasteiger partial charge in [0.1, 0.15) is 10.7 Å².